The Morgan fingerprint density at radius 1 is 0.929 bits per heavy atom. The maximum Gasteiger partial charge on any atom is 0.336 e. The number of hydrogen-bond donors (Lipinski definition) is 6. The van der Waals surface area contributed by atoms with Gasteiger partial charge in [-0.15, -0.1) is 0 Å². The molecule has 0 aromatic heterocycles. The zero-order chi connectivity index (χ0) is 22.7. The first-order chi connectivity index (χ1) is 12.5. The molecule has 12 nitrogen and oxygen atoms in total. The standard InChI is InChI=1S/C6H5ClO3S.C6H8O7.C2H4O2/c7-5-1-3-6(4-2-5)11(8,9)10;7-3(8)1-6(13,5(11)12)2-4(9)10;1-2(3)4/h1-4H,(H,8,9,10);13H,1-2H2,(H,7,8)(H,9,10)(H,11,12);1H3,(H,3,4). The SMILES string of the molecule is CC(=O)O.O=C(O)CC(O)(CC(=O)O)C(=O)O.O=S(=O)(O)c1ccc(Cl)cc1. The molecule has 0 aliphatic carbocycles. The summed E-state index contributed by atoms with van der Waals surface area (Å²) in [5, 5.41) is 41.7. The Morgan fingerprint density at radius 2 is 1.25 bits per heavy atom. The molecule has 1 rings (SSSR count). The second-order valence-electron chi connectivity index (χ2n) is 4.93. The van der Waals surface area contributed by atoms with Crippen LogP contribution >= 0.6 is 11.6 Å². The largest absolute Gasteiger partial charge is 0.481 e. The van der Waals surface area contributed by atoms with Gasteiger partial charge >= 0.3 is 17.9 Å². The summed E-state index contributed by atoms with van der Waals surface area (Å²) in [4.78, 5) is 39.3. The van der Waals surface area contributed by atoms with E-state index in [9.17, 15) is 22.8 Å². The lowest BCUT2D eigenvalue weighted by atomic mass is 9.96. The molecule has 0 bridgehead atoms. The van der Waals surface area contributed by atoms with Crippen molar-refractivity contribution in [2.24, 2.45) is 0 Å². The highest BCUT2D eigenvalue weighted by Crippen LogP contribution is 2.15. The van der Waals surface area contributed by atoms with Gasteiger partial charge in [0.1, 0.15) is 0 Å². The second-order valence-corrected chi connectivity index (χ2v) is 6.78. The van der Waals surface area contributed by atoms with Crippen LogP contribution in [0.1, 0.15) is 19.8 Å². The van der Waals surface area contributed by atoms with E-state index in [1.54, 1.807) is 0 Å². The topological polar surface area (TPSA) is 224 Å². The number of carboxylic acids is 4. The number of hydrogen-bond acceptors (Lipinski definition) is 7. The molecule has 0 aliphatic rings. The van der Waals surface area contributed by atoms with E-state index in [-0.39, 0.29) is 4.90 Å². The lowest BCUT2D eigenvalue weighted by molar-refractivity contribution is -0.170. The summed E-state index contributed by atoms with van der Waals surface area (Å²) in [7, 11) is -4.08. The average Bonchev–Trinajstić information content (AvgIpc) is 2.44. The molecule has 0 spiro atoms. The molecule has 6 N–H and O–H groups in total. The monoisotopic (exact) mass is 444 g/mol. The predicted octanol–water partition coefficient (Wildman–Crippen LogP) is 0.429. The van der Waals surface area contributed by atoms with E-state index in [2.05, 4.69) is 0 Å². The van der Waals surface area contributed by atoms with Gasteiger partial charge in [0.25, 0.3) is 16.1 Å². The Bertz CT molecular complexity index is 780. The van der Waals surface area contributed by atoms with Crippen LogP contribution in [-0.4, -0.2) is 68.0 Å². The minimum Gasteiger partial charge on any atom is -0.481 e. The molecule has 0 heterocycles. The smallest absolute Gasteiger partial charge is 0.336 e. The minimum atomic E-state index is -4.08. The average molecular weight is 445 g/mol. The van der Waals surface area contributed by atoms with Crippen molar-refractivity contribution in [2.75, 3.05) is 0 Å². The number of benzene rings is 1. The molecule has 0 radical (unpaired) electrons. The van der Waals surface area contributed by atoms with E-state index in [0.717, 1.165) is 6.92 Å². The summed E-state index contributed by atoms with van der Waals surface area (Å²) >= 11 is 5.49. The Kier molecular flexibility index (Phi) is 11.6. The third-order valence-corrected chi connectivity index (χ3v) is 3.52. The van der Waals surface area contributed by atoms with Crippen LogP contribution in [0.3, 0.4) is 0 Å². The van der Waals surface area contributed by atoms with Crippen molar-refractivity contribution < 1.29 is 57.7 Å². The van der Waals surface area contributed by atoms with Crippen molar-refractivity contribution in [3.05, 3.63) is 29.3 Å². The van der Waals surface area contributed by atoms with Gasteiger partial charge in [-0.3, -0.25) is 18.9 Å². The van der Waals surface area contributed by atoms with Crippen LogP contribution in [0.4, 0.5) is 0 Å². The Labute approximate surface area is 163 Å². The third-order valence-electron chi connectivity index (χ3n) is 2.40. The molecule has 0 atom stereocenters. The maximum absolute atomic E-state index is 10.5. The fraction of sp³-hybridized carbons (Fsp3) is 0.286. The Hall–Kier alpha value is -2.74. The molecule has 0 unspecified atom stereocenters. The zero-order valence-corrected chi connectivity index (χ0v) is 15.7. The van der Waals surface area contributed by atoms with Crippen molar-refractivity contribution in [1.29, 1.82) is 0 Å². The van der Waals surface area contributed by atoms with Crippen LogP contribution in [0.2, 0.25) is 5.02 Å². The van der Waals surface area contributed by atoms with Crippen LogP contribution in [0.25, 0.3) is 0 Å². The molecule has 0 amide bonds. The van der Waals surface area contributed by atoms with Crippen LogP contribution < -0.4 is 0 Å². The number of halogens is 1. The predicted molar refractivity (Wildman–Crippen MR) is 91.7 cm³/mol. The van der Waals surface area contributed by atoms with Gasteiger partial charge in [-0.05, 0) is 24.3 Å². The molecule has 1 aromatic rings. The van der Waals surface area contributed by atoms with Crippen molar-refractivity contribution in [2.45, 2.75) is 30.3 Å². The summed E-state index contributed by atoms with van der Waals surface area (Å²) < 4.78 is 29.4. The van der Waals surface area contributed by atoms with Crippen LogP contribution in [0, 0.1) is 0 Å². The number of carbonyl (C=O) groups is 4. The second kappa shape index (κ2) is 11.9. The summed E-state index contributed by atoms with van der Waals surface area (Å²) in [5.41, 5.74) is -2.74. The van der Waals surface area contributed by atoms with E-state index in [1.165, 1.54) is 24.3 Å². The van der Waals surface area contributed by atoms with Crippen LogP contribution in [0.5, 0.6) is 0 Å². The van der Waals surface area contributed by atoms with Gasteiger partial charge in [0.15, 0.2) is 5.60 Å². The number of aliphatic carboxylic acids is 4. The lowest BCUT2D eigenvalue weighted by Gasteiger charge is -2.18. The number of rotatable bonds is 6. The first-order valence-corrected chi connectivity index (χ1v) is 8.65. The van der Waals surface area contributed by atoms with Gasteiger partial charge in [0.05, 0.1) is 17.7 Å². The molecule has 28 heavy (non-hydrogen) atoms. The Morgan fingerprint density at radius 3 is 1.46 bits per heavy atom. The minimum absolute atomic E-state index is 0.151. The zero-order valence-electron chi connectivity index (χ0n) is 14.1. The third kappa shape index (κ3) is 13.5. The molecule has 0 saturated heterocycles. The molecule has 14 heteroatoms. The highest BCUT2D eigenvalue weighted by atomic mass is 35.5. The van der Waals surface area contributed by atoms with Crippen LogP contribution in [0.15, 0.2) is 29.2 Å². The first-order valence-electron chi connectivity index (χ1n) is 6.83. The van der Waals surface area contributed by atoms with E-state index in [0.29, 0.717) is 5.02 Å². The lowest BCUT2D eigenvalue weighted by Crippen LogP contribution is -2.42. The fourth-order valence-electron chi connectivity index (χ4n) is 1.32. The summed E-state index contributed by atoms with van der Waals surface area (Å²) in [5.74, 6) is -5.85. The summed E-state index contributed by atoms with van der Waals surface area (Å²) in [6.07, 6.45) is -2.29. The van der Waals surface area contributed by atoms with Gasteiger partial charge in [0.2, 0.25) is 0 Å². The molecule has 158 valence electrons. The van der Waals surface area contributed by atoms with E-state index < -0.39 is 52.4 Å². The number of carboxylic acid groups (broad SMARTS) is 4. The van der Waals surface area contributed by atoms with Gasteiger partial charge in [-0.2, -0.15) is 8.42 Å². The molecule has 0 fully saturated rings. The van der Waals surface area contributed by atoms with Gasteiger partial charge < -0.3 is 25.5 Å². The van der Waals surface area contributed by atoms with Gasteiger partial charge in [-0.1, -0.05) is 11.6 Å². The highest BCUT2D eigenvalue weighted by Gasteiger charge is 2.40. The van der Waals surface area contributed by atoms with E-state index in [1.807, 2.05) is 0 Å². The summed E-state index contributed by atoms with van der Waals surface area (Å²) in [6.45, 7) is 1.08. The molecule has 0 aliphatic heterocycles. The molecule has 0 saturated carbocycles. The quantitative estimate of drug-likeness (QED) is 0.328. The first kappa shape index (κ1) is 27.5. The maximum atomic E-state index is 10.5. The van der Waals surface area contributed by atoms with Gasteiger partial charge in [0, 0.05) is 11.9 Å². The normalized spacial score (nSPS) is 10.4. The van der Waals surface area contributed by atoms with Crippen molar-refractivity contribution in [3.63, 3.8) is 0 Å². The highest BCUT2D eigenvalue weighted by molar-refractivity contribution is 7.85. The Balaban J connectivity index is 0. The van der Waals surface area contributed by atoms with Gasteiger partial charge in [-0.25, -0.2) is 4.79 Å². The fourth-order valence-corrected chi connectivity index (χ4v) is 1.93. The molecular weight excluding hydrogens is 428 g/mol. The molecular formula is C14H17ClO12S. The van der Waals surface area contributed by atoms with Crippen molar-refractivity contribution in [3.8, 4) is 0 Å². The number of aliphatic hydroxyl groups is 1. The summed E-state index contributed by atoms with van der Waals surface area (Å²) in [6, 6.07) is 5.25. The van der Waals surface area contributed by atoms with Crippen molar-refractivity contribution in [1.82, 2.24) is 0 Å². The van der Waals surface area contributed by atoms with Crippen LogP contribution in [-0.2, 0) is 29.3 Å². The molecule has 1 aromatic carbocycles. The van der Waals surface area contributed by atoms with E-state index in [4.69, 9.17) is 46.5 Å². The van der Waals surface area contributed by atoms with E-state index >= 15 is 0 Å². The van der Waals surface area contributed by atoms with Crippen molar-refractivity contribution >= 4 is 45.6 Å².